The molecule has 3 aliphatic rings. The highest BCUT2D eigenvalue weighted by molar-refractivity contribution is 6.73. The van der Waals surface area contributed by atoms with Crippen LogP contribution in [0.1, 0.15) is 0 Å². The molecule has 0 bridgehead atoms. The maximum atomic E-state index is 5.63. The molecule has 0 aromatic heterocycles. The van der Waals surface area contributed by atoms with Crippen LogP contribution in [0.3, 0.4) is 0 Å². The average molecular weight is 456 g/mol. The highest BCUT2D eigenvalue weighted by atomic mass is 28.5. The van der Waals surface area contributed by atoms with Gasteiger partial charge >= 0.3 is 104 Å². The Morgan fingerprint density at radius 2 is 0.909 bits per heavy atom. The third-order valence-electron chi connectivity index (χ3n) is 1.96. The average Bonchev–Trinajstić information content (AvgIpc) is 2.47. The molecular weight excluding hydrogens is 449 g/mol. The first-order valence-corrected chi connectivity index (χ1v) is 17.0. The second-order valence-electron chi connectivity index (χ2n) is 3.49. The third-order valence-corrected chi connectivity index (χ3v) is 17.6. The lowest BCUT2D eigenvalue weighted by Gasteiger charge is -2.31. The van der Waals surface area contributed by atoms with Gasteiger partial charge in [0.1, 0.15) is 0 Å². The van der Waals surface area contributed by atoms with Gasteiger partial charge in [0, 0.05) is 0 Å². The van der Waals surface area contributed by atoms with Gasteiger partial charge in [0.25, 0.3) is 0 Å². The highest BCUT2D eigenvalue weighted by Crippen LogP contribution is 2.12. The van der Waals surface area contributed by atoms with E-state index in [-0.39, 0.29) is 0 Å². The van der Waals surface area contributed by atoms with E-state index in [0.29, 0.717) is 0 Å². The molecule has 3 fully saturated rings. The summed E-state index contributed by atoms with van der Waals surface area (Å²) in [7, 11) is -10.3. The maximum Gasteiger partial charge on any atom is 0.651 e. The molecule has 20 heteroatoms. The first-order valence-electron chi connectivity index (χ1n) is 5.68. The summed E-state index contributed by atoms with van der Waals surface area (Å²) in [4.78, 5) is 0. The van der Waals surface area contributed by atoms with Crippen molar-refractivity contribution in [3.8, 4) is 0 Å². The molecule has 9 radical (unpaired) electrons. The lowest BCUT2D eigenvalue weighted by molar-refractivity contribution is 0.141. The first-order chi connectivity index (χ1) is 10.7. The number of hydrogen-bond donors (Lipinski definition) is 0. The van der Waals surface area contributed by atoms with Gasteiger partial charge in [0.05, 0.1) is 0 Å². The van der Waals surface area contributed by atoms with Gasteiger partial charge in [-0.2, -0.15) is 0 Å². The summed E-state index contributed by atoms with van der Waals surface area (Å²) >= 11 is -1.80. The molecule has 0 spiro atoms. The fourth-order valence-electron chi connectivity index (χ4n) is 1.13. The SMILES string of the molecule is C[Si]1[O][Al][O][Si](O[Si]2[O][Al][O][Si](O[Si]3[O][Al][O][Si](C)O3)O2)O1. The molecule has 0 atom stereocenters. The van der Waals surface area contributed by atoms with Crippen LogP contribution in [0.4, 0.5) is 0 Å². The Hall–Kier alpha value is 2.46. The van der Waals surface area contributed by atoms with E-state index in [2.05, 4.69) is 0 Å². The van der Waals surface area contributed by atoms with E-state index in [1.807, 2.05) is 13.1 Å². The van der Waals surface area contributed by atoms with Gasteiger partial charge in [-0.3, -0.25) is 0 Å². The van der Waals surface area contributed by atoms with Crippen LogP contribution in [0, 0.1) is 0 Å². The third kappa shape index (κ3) is 6.32. The Balaban J connectivity index is 1.42. The smallest absolute Gasteiger partial charge is 0.508 e. The molecule has 0 aromatic carbocycles. The van der Waals surface area contributed by atoms with Crippen LogP contribution in [-0.4, -0.2) is 104 Å². The summed E-state index contributed by atoms with van der Waals surface area (Å²) in [5, 5.41) is 0. The standard InChI is InChI=1S/C2H6O11Si6.3Al/c1-14(3)9-16(5)11-18(7)13-19(8)12-17(6)10-15(2)4;;;/h1-2H3;;;/q-6;3*+2. The molecule has 22 heavy (non-hydrogen) atoms. The fourth-order valence-corrected chi connectivity index (χ4v) is 17.3. The minimum Gasteiger partial charge on any atom is -0.508 e. The molecule has 0 aromatic rings. The molecule has 113 valence electrons. The lowest BCUT2D eigenvalue weighted by Crippen LogP contribution is -2.55. The molecule has 0 aliphatic carbocycles. The zero-order valence-electron chi connectivity index (χ0n) is 11.2. The Kier molecular flexibility index (Phi) is 8.71. The van der Waals surface area contributed by atoms with E-state index >= 15 is 0 Å². The fraction of sp³-hybridized carbons (Fsp3) is 1.00. The Bertz CT molecular complexity index is 328. The van der Waals surface area contributed by atoms with Crippen molar-refractivity contribution < 1.29 is 41.4 Å². The van der Waals surface area contributed by atoms with Crippen LogP contribution in [-0.2, 0) is 41.4 Å². The van der Waals surface area contributed by atoms with Crippen molar-refractivity contribution in [1.82, 2.24) is 0 Å². The summed E-state index contributed by atoms with van der Waals surface area (Å²) in [6.45, 7) is 3.77. The summed E-state index contributed by atoms with van der Waals surface area (Å²) in [5.41, 5.74) is 0. The molecule has 3 saturated heterocycles. The van der Waals surface area contributed by atoms with Crippen LogP contribution in [0.5, 0.6) is 0 Å². The minimum atomic E-state index is -1.99. The number of rotatable bonds is 4. The van der Waals surface area contributed by atoms with E-state index in [0.717, 1.165) is 0 Å². The van der Waals surface area contributed by atoms with Crippen LogP contribution in [0.2, 0.25) is 13.1 Å². The van der Waals surface area contributed by atoms with Crippen LogP contribution < -0.4 is 0 Å². The molecule has 3 rings (SSSR count). The van der Waals surface area contributed by atoms with E-state index in [9.17, 15) is 0 Å². The summed E-state index contributed by atoms with van der Waals surface area (Å²) in [6.07, 6.45) is 0. The molecule has 11 nitrogen and oxygen atoms in total. The van der Waals surface area contributed by atoms with Gasteiger partial charge in [-0.05, 0) is 13.1 Å². The monoisotopic (exact) mass is 455 g/mol. The minimum absolute atomic E-state index is 0.542. The van der Waals surface area contributed by atoms with Gasteiger partial charge in [0.15, 0.2) is 0 Å². The van der Waals surface area contributed by atoms with Crippen molar-refractivity contribution in [2.24, 2.45) is 0 Å². The van der Waals surface area contributed by atoms with Crippen molar-refractivity contribution in [1.29, 1.82) is 0 Å². The summed E-state index contributed by atoms with van der Waals surface area (Å²) in [6, 6.07) is 0. The Labute approximate surface area is 158 Å². The second-order valence-corrected chi connectivity index (χ2v) is 17.8. The number of hydrogen-bond acceptors (Lipinski definition) is 11. The zero-order valence-corrected chi connectivity index (χ0v) is 20.7. The normalized spacial score (nSPS) is 28.1. The lowest BCUT2D eigenvalue weighted by atomic mass is 11.9. The van der Waals surface area contributed by atoms with Crippen molar-refractivity contribution in [2.75, 3.05) is 0 Å². The van der Waals surface area contributed by atoms with E-state index in [1.165, 1.54) is 0 Å². The van der Waals surface area contributed by atoms with Crippen LogP contribution in [0.15, 0.2) is 0 Å². The summed E-state index contributed by atoms with van der Waals surface area (Å²) < 4.78 is 59.8. The molecule has 0 saturated carbocycles. The molecule has 0 N–H and O–H groups in total. The molecule has 3 aliphatic heterocycles. The van der Waals surface area contributed by atoms with Crippen molar-refractivity contribution in [2.45, 2.75) is 13.1 Å². The second kappa shape index (κ2) is 9.96. The Morgan fingerprint density at radius 3 is 1.32 bits per heavy atom. The van der Waals surface area contributed by atoms with Crippen LogP contribution in [0.25, 0.3) is 0 Å². The summed E-state index contributed by atoms with van der Waals surface area (Å²) in [5.74, 6) is 0. The van der Waals surface area contributed by atoms with Gasteiger partial charge in [-0.15, -0.1) is 0 Å². The van der Waals surface area contributed by atoms with E-state index in [1.54, 1.807) is 0 Å². The Morgan fingerprint density at radius 1 is 0.545 bits per heavy atom. The topological polar surface area (TPSA) is 102 Å². The van der Waals surface area contributed by atoms with Crippen molar-refractivity contribution in [3.63, 3.8) is 0 Å². The largest absolute Gasteiger partial charge is 0.651 e. The molecule has 0 amide bonds. The molecular formula is C2H6Al3O11Si6. The van der Waals surface area contributed by atoms with E-state index in [4.69, 9.17) is 41.4 Å². The zero-order chi connectivity index (χ0) is 15.4. The highest BCUT2D eigenvalue weighted by Gasteiger charge is 2.44. The predicted molar refractivity (Wildman–Crippen MR) is 75.4 cm³/mol. The van der Waals surface area contributed by atoms with E-state index < -0.39 is 104 Å². The van der Waals surface area contributed by atoms with Gasteiger partial charge in [-0.1, -0.05) is 0 Å². The predicted octanol–water partition coefficient (Wildman–Crippen LogP) is -3.01. The first kappa shape index (κ1) is 19.2. The van der Waals surface area contributed by atoms with Crippen molar-refractivity contribution >= 4 is 104 Å². The van der Waals surface area contributed by atoms with Crippen LogP contribution >= 0.6 is 0 Å². The molecule has 0 unspecified atom stereocenters. The van der Waals surface area contributed by atoms with Gasteiger partial charge in [0.2, 0.25) is 0 Å². The molecule has 3 heterocycles. The van der Waals surface area contributed by atoms with Gasteiger partial charge in [-0.25, -0.2) is 0 Å². The quantitative estimate of drug-likeness (QED) is 0.405. The van der Waals surface area contributed by atoms with Crippen molar-refractivity contribution in [3.05, 3.63) is 0 Å². The van der Waals surface area contributed by atoms with Gasteiger partial charge < -0.3 is 41.4 Å². The maximum absolute atomic E-state index is 5.63.